The van der Waals surface area contributed by atoms with Crippen molar-refractivity contribution in [3.05, 3.63) is 29.5 Å². The number of aromatic nitrogens is 2. The SMILES string of the molecule is CCOC(=O)C[C@@H](Cc1ccc2[nH]ncc2c1COC(C)=O)C(=O)OCC. The molecule has 27 heavy (non-hydrogen) atoms. The minimum atomic E-state index is -0.690. The van der Waals surface area contributed by atoms with Gasteiger partial charge in [0.05, 0.1) is 37.3 Å². The molecule has 0 spiro atoms. The molecule has 0 aliphatic heterocycles. The van der Waals surface area contributed by atoms with Crippen LogP contribution >= 0.6 is 0 Å². The van der Waals surface area contributed by atoms with Crippen molar-refractivity contribution < 1.29 is 28.6 Å². The third-order valence-corrected chi connectivity index (χ3v) is 4.06. The number of H-pyrrole nitrogens is 1. The topological polar surface area (TPSA) is 108 Å². The van der Waals surface area contributed by atoms with Gasteiger partial charge in [0.25, 0.3) is 0 Å². The smallest absolute Gasteiger partial charge is 0.309 e. The van der Waals surface area contributed by atoms with E-state index in [9.17, 15) is 14.4 Å². The lowest BCUT2D eigenvalue weighted by molar-refractivity contribution is -0.154. The van der Waals surface area contributed by atoms with Crippen LogP contribution in [0.4, 0.5) is 0 Å². The van der Waals surface area contributed by atoms with Crippen LogP contribution in [0, 0.1) is 5.92 Å². The van der Waals surface area contributed by atoms with E-state index < -0.39 is 23.8 Å². The predicted molar refractivity (Wildman–Crippen MR) is 96.6 cm³/mol. The summed E-state index contributed by atoms with van der Waals surface area (Å²) in [6, 6.07) is 3.66. The standard InChI is InChI=1S/C19H24N2O6/c1-4-25-18(23)9-14(19(24)26-5-2)8-13-6-7-17-15(10-20-21-17)16(13)11-27-12(3)22/h6-7,10,14H,4-5,8-9,11H2,1-3H3,(H,20,21)/t14-/m1/s1. The Morgan fingerprint density at radius 2 is 1.85 bits per heavy atom. The first-order valence-corrected chi connectivity index (χ1v) is 8.85. The summed E-state index contributed by atoms with van der Waals surface area (Å²) in [6.07, 6.45) is 1.82. The minimum Gasteiger partial charge on any atom is -0.466 e. The molecule has 1 aromatic heterocycles. The van der Waals surface area contributed by atoms with Crippen molar-refractivity contribution in [2.75, 3.05) is 13.2 Å². The van der Waals surface area contributed by atoms with Gasteiger partial charge in [0.15, 0.2) is 0 Å². The number of nitrogens with one attached hydrogen (secondary N) is 1. The van der Waals surface area contributed by atoms with Gasteiger partial charge < -0.3 is 14.2 Å². The number of benzene rings is 1. The van der Waals surface area contributed by atoms with Gasteiger partial charge in [0, 0.05) is 17.9 Å². The monoisotopic (exact) mass is 376 g/mol. The Kier molecular flexibility index (Phi) is 7.34. The first-order chi connectivity index (χ1) is 13.0. The zero-order valence-corrected chi connectivity index (χ0v) is 15.7. The molecular weight excluding hydrogens is 352 g/mol. The quantitative estimate of drug-likeness (QED) is 0.528. The van der Waals surface area contributed by atoms with Gasteiger partial charge in [0.2, 0.25) is 0 Å². The fourth-order valence-corrected chi connectivity index (χ4v) is 2.84. The number of carbonyl (C=O) groups excluding carboxylic acids is 3. The molecule has 0 saturated heterocycles. The molecule has 1 aromatic carbocycles. The highest BCUT2D eigenvalue weighted by atomic mass is 16.5. The highest BCUT2D eigenvalue weighted by Gasteiger charge is 2.26. The lowest BCUT2D eigenvalue weighted by atomic mass is 9.92. The Balaban J connectivity index is 2.32. The van der Waals surface area contributed by atoms with E-state index in [0.29, 0.717) is 0 Å². The molecule has 0 aliphatic rings. The molecule has 1 atom stereocenters. The summed E-state index contributed by atoms with van der Waals surface area (Å²) in [6.45, 7) is 5.27. The van der Waals surface area contributed by atoms with Crippen molar-refractivity contribution in [2.24, 2.45) is 5.92 Å². The summed E-state index contributed by atoms with van der Waals surface area (Å²) in [7, 11) is 0. The van der Waals surface area contributed by atoms with Gasteiger partial charge in [-0.1, -0.05) is 6.07 Å². The molecule has 0 unspecified atom stereocenters. The van der Waals surface area contributed by atoms with Gasteiger partial charge in [-0.25, -0.2) is 0 Å². The van der Waals surface area contributed by atoms with E-state index in [1.165, 1.54) is 6.92 Å². The molecule has 146 valence electrons. The molecule has 0 aliphatic carbocycles. The van der Waals surface area contributed by atoms with E-state index in [1.54, 1.807) is 20.0 Å². The van der Waals surface area contributed by atoms with Gasteiger partial charge in [-0.2, -0.15) is 5.10 Å². The minimum absolute atomic E-state index is 0.0521. The van der Waals surface area contributed by atoms with Crippen LogP contribution < -0.4 is 0 Å². The van der Waals surface area contributed by atoms with Crippen LogP contribution in [0.5, 0.6) is 0 Å². The summed E-state index contributed by atoms with van der Waals surface area (Å²) < 4.78 is 15.3. The number of fused-ring (bicyclic) bond motifs is 1. The van der Waals surface area contributed by atoms with E-state index in [4.69, 9.17) is 14.2 Å². The van der Waals surface area contributed by atoms with E-state index in [1.807, 2.05) is 12.1 Å². The molecule has 1 heterocycles. The number of esters is 3. The normalized spacial score (nSPS) is 11.8. The van der Waals surface area contributed by atoms with E-state index >= 15 is 0 Å². The van der Waals surface area contributed by atoms with Crippen molar-refractivity contribution >= 4 is 28.8 Å². The number of nitrogens with zero attached hydrogens (tertiary/aromatic N) is 1. The maximum atomic E-state index is 12.3. The molecule has 1 N–H and O–H groups in total. The van der Waals surface area contributed by atoms with Crippen molar-refractivity contribution in [3.63, 3.8) is 0 Å². The van der Waals surface area contributed by atoms with Crippen molar-refractivity contribution in [3.8, 4) is 0 Å². The van der Waals surface area contributed by atoms with Crippen molar-refractivity contribution in [1.29, 1.82) is 0 Å². The Bertz CT molecular complexity index is 814. The van der Waals surface area contributed by atoms with Gasteiger partial charge in [0.1, 0.15) is 6.61 Å². The average Bonchev–Trinajstić information content (AvgIpc) is 3.09. The summed E-state index contributed by atoms with van der Waals surface area (Å²) >= 11 is 0. The zero-order valence-electron chi connectivity index (χ0n) is 15.7. The first kappa shape index (κ1) is 20.4. The highest BCUT2D eigenvalue weighted by Crippen LogP contribution is 2.26. The van der Waals surface area contributed by atoms with Crippen molar-refractivity contribution in [1.82, 2.24) is 10.2 Å². The molecular formula is C19H24N2O6. The Hall–Kier alpha value is -2.90. The second kappa shape index (κ2) is 9.70. The molecule has 0 amide bonds. The highest BCUT2D eigenvalue weighted by molar-refractivity contribution is 5.84. The van der Waals surface area contributed by atoms with Gasteiger partial charge in [-0.3, -0.25) is 19.5 Å². The number of carbonyl (C=O) groups is 3. The van der Waals surface area contributed by atoms with Crippen LogP contribution in [0.3, 0.4) is 0 Å². The Morgan fingerprint density at radius 1 is 1.11 bits per heavy atom. The van der Waals surface area contributed by atoms with Crippen LogP contribution in [0.1, 0.15) is 38.3 Å². The maximum Gasteiger partial charge on any atom is 0.309 e. The second-order valence-electron chi connectivity index (χ2n) is 5.98. The molecule has 2 rings (SSSR count). The summed E-state index contributed by atoms with van der Waals surface area (Å²) in [5.41, 5.74) is 2.32. The fourth-order valence-electron chi connectivity index (χ4n) is 2.84. The second-order valence-corrected chi connectivity index (χ2v) is 5.98. The largest absolute Gasteiger partial charge is 0.466 e. The molecule has 0 fully saturated rings. The Morgan fingerprint density at radius 3 is 2.52 bits per heavy atom. The average molecular weight is 376 g/mol. The van der Waals surface area contributed by atoms with Crippen LogP contribution in [0.2, 0.25) is 0 Å². The molecule has 0 saturated carbocycles. The number of rotatable bonds is 9. The number of hydrogen-bond acceptors (Lipinski definition) is 7. The van der Waals surface area contributed by atoms with Crippen LogP contribution in [-0.2, 0) is 41.6 Å². The molecule has 8 heteroatoms. The van der Waals surface area contributed by atoms with Gasteiger partial charge in [-0.15, -0.1) is 0 Å². The zero-order chi connectivity index (χ0) is 19.8. The molecule has 8 nitrogen and oxygen atoms in total. The molecule has 0 bridgehead atoms. The molecule has 0 radical (unpaired) electrons. The lowest BCUT2D eigenvalue weighted by Gasteiger charge is -2.17. The summed E-state index contributed by atoms with van der Waals surface area (Å²) in [4.78, 5) is 35.5. The van der Waals surface area contributed by atoms with E-state index in [0.717, 1.165) is 22.0 Å². The van der Waals surface area contributed by atoms with Crippen LogP contribution in [0.15, 0.2) is 18.3 Å². The van der Waals surface area contributed by atoms with Crippen molar-refractivity contribution in [2.45, 2.75) is 40.2 Å². The maximum absolute atomic E-state index is 12.3. The van der Waals surface area contributed by atoms with E-state index in [2.05, 4.69) is 10.2 Å². The first-order valence-electron chi connectivity index (χ1n) is 8.85. The van der Waals surface area contributed by atoms with Crippen LogP contribution in [0.25, 0.3) is 10.9 Å². The summed E-state index contributed by atoms with van der Waals surface area (Å²) in [5.74, 6) is -2.02. The lowest BCUT2D eigenvalue weighted by Crippen LogP contribution is -2.24. The van der Waals surface area contributed by atoms with Gasteiger partial charge >= 0.3 is 17.9 Å². The molecule has 2 aromatic rings. The number of aromatic amines is 1. The fraction of sp³-hybridized carbons (Fsp3) is 0.474. The third kappa shape index (κ3) is 5.54. The van der Waals surface area contributed by atoms with Gasteiger partial charge in [-0.05, 0) is 31.9 Å². The summed E-state index contributed by atoms with van der Waals surface area (Å²) in [5, 5.41) is 7.68. The van der Waals surface area contributed by atoms with Crippen LogP contribution in [-0.4, -0.2) is 41.3 Å². The number of ether oxygens (including phenoxy) is 3. The van der Waals surface area contributed by atoms with E-state index in [-0.39, 0.29) is 32.7 Å². The Labute approximate surface area is 157 Å². The number of hydrogen-bond donors (Lipinski definition) is 1. The third-order valence-electron chi connectivity index (χ3n) is 4.06. The predicted octanol–water partition coefficient (Wildman–Crippen LogP) is 2.30.